The van der Waals surface area contributed by atoms with Crippen LogP contribution in [0.2, 0.25) is 0 Å². The second-order valence-electron chi connectivity index (χ2n) is 4.21. The van der Waals surface area contributed by atoms with E-state index >= 15 is 0 Å². The van der Waals surface area contributed by atoms with Gasteiger partial charge in [0.15, 0.2) is 0 Å². The molecular weight excluding hydrogens is 214 g/mol. The average molecular weight is 233 g/mol. The Hall–Kier alpha value is -1.90. The Labute approximate surface area is 103 Å². The van der Waals surface area contributed by atoms with Crippen LogP contribution in [-0.2, 0) is 9.53 Å². The summed E-state index contributed by atoms with van der Waals surface area (Å²) in [7, 11) is 0. The second-order valence-corrected chi connectivity index (χ2v) is 4.21. The van der Waals surface area contributed by atoms with Crippen LogP contribution in [0.15, 0.2) is 31.5 Å². The van der Waals surface area contributed by atoms with Crippen molar-refractivity contribution in [2.24, 2.45) is 0 Å². The smallest absolute Gasteiger partial charge is 0.293 e. The van der Waals surface area contributed by atoms with Gasteiger partial charge in [-0.15, -0.1) is 0 Å². The zero-order valence-corrected chi connectivity index (χ0v) is 10.6. The summed E-state index contributed by atoms with van der Waals surface area (Å²) in [5, 5.41) is 0. The molecule has 1 aromatic heterocycles. The molecule has 0 aliphatic carbocycles. The second kappa shape index (κ2) is 7.39. The summed E-state index contributed by atoms with van der Waals surface area (Å²) in [5.41, 5.74) is 1.59. The molecule has 92 valence electrons. The molecule has 0 amide bonds. The summed E-state index contributed by atoms with van der Waals surface area (Å²) in [6.45, 7) is 13.2. The Balaban J connectivity index is 0.000000325. The van der Waals surface area contributed by atoms with Crippen LogP contribution in [0.25, 0.3) is 12.2 Å². The highest BCUT2D eigenvalue weighted by Gasteiger charge is 2.07. The van der Waals surface area contributed by atoms with Gasteiger partial charge in [0.05, 0.1) is 5.69 Å². The third kappa shape index (κ3) is 7.06. The number of hydrogen-bond donors (Lipinski definition) is 0. The quantitative estimate of drug-likeness (QED) is 0.752. The largest absolute Gasteiger partial charge is 0.462 e. The van der Waals surface area contributed by atoms with Gasteiger partial charge in [-0.3, -0.25) is 9.78 Å². The molecule has 0 N–H and O–H groups in total. The van der Waals surface area contributed by atoms with Crippen molar-refractivity contribution in [1.29, 1.82) is 0 Å². The van der Waals surface area contributed by atoms with Gasteiger partial charge >= 0.3 is 0 Å². The average Bonchev–Trinajstić information content (AvgIpc) is 2.28. The van der Waals surface area contributed by atoms with E-state index in [1.54, 1.807) is 18.3 Å². The molecule has 1 rings (SSSR count). The minimum Gasteiger partial charge on any atom is -0.462 e. The number of rotatable bonds is 3. The number of aromatic nitrogens is 1. The van der Waals surface area contributed by atoms with Gasteiger partial charge in [-0.1, -0.05) is 25.3 Å². The molecule has 0 fully saturated rings. The lowest BCUT2D eigenvalue weighted by Gasteiger charge is -2.14. The maximum atomic E-state index is 9.60. The van der Waals surface area contributed by atoms with Crippen molar-refractivity contribution in [3.8, 4) is 0 Å². The fourth-order valence-electron chi connectivity index (χ4n) is 0.917. The maximum Gasteiger partial charge on any atom is 0.293 e. The Morgan fingerprint density at radius 1 is 1.29 bits per heavy atom. The van der Waals surface area contributed by atoms with Gasteiger partial charge in [0.1, 0.15) is 5.60 Å². The molecule has 0 saturated carbocycles. The van der Waals surface area contributed by atoms with Gasteiger partial charge in [0, 0.05) is 6.20 Å². The van der Waals surface area contributed by atoms with Gasteiger partial charge in [0.25, 0.3) is 6.47 Å². The van der Waals surface area contributed by atoms with Gasteiger partial charge in [-0.05, 0) is 38.5 Å². The molecule has 0 radical (unpaired) electrons. The van der Waals surface area contributed by atoms with E-state index in [1.807, 2.05) is 32.9 Å². The Morgan fingerprint density at radius 3 is 2.24 bits per heavy atom. The monoisotopic (exact) mass is 233 g/mol. The van der Waals surface area contributed by atoms with E-state index in [0.717, 1.165) is 11.3 Å². The highest BCUT2D eigenvalue weighted by Crippen LogP contribution is 2.06. The van der Waals surface area contributed by atoms with E-state index in [4.69, 9.17) is 0 Å². The highest BCUT2D eigenvalue weighted by atomic mass is 16.5. The molecule has 17 heavy (non-hydrogen) atoms. The first kappa shape index (κ1) is 15.1. The topological polar surface area (TPSA) is 39.2 Å². The molecule has 0 spiro atoms. The van der Waals surface area contributed by atoms with Crippen LogP contribution in [0.4, 0.5) is 0 Å². The van der Waals surface area contributed by atoms with Crippen LogP contribution in [0.1, 0.15) is 32.0 Å². The molecule has 0 saturated heterocycles. The summed E-state index contributed by atoms with van der Waals surface area (Å²) in [6.07, 6.45) is 5.23. The zero-order valence-electron chi connectivity index (χ0n) is 10.6. The van der Waals surface area contributed by atoms with Crippen molar-refractivity contribution < 1.29 is 9.53 Å². The lowest BCUT2D eigenvalue weighted by Crippen LogP contribution is -2.17. The van der Waals surface area contributed by atoms with Gasteiger partial charge in [-0.25, -0.2) is 0 Å². The molecule has 1 heterocycles. The van der Waals surface area contributed by atoms with Crippen molar-refractivity contribution in [3.63, 3.8) is 0 Å². The molecular formula is C14H19NO2. The fourth-order valence-corrected chi connectivity index (χ4v) is 0.917. The minimum absolute atomic E-state index is 0.318. The molecule has 0 aromatic carbocycles. The number of nitrogens with zero attached hydrogens (tertiary/aromatic N) is 1. The molecule has 3 heteroatoms. The van der Waals surface area contributed by atoms with Crippen LogP contribution in [0.5, 0.6) is 0 Å². The molecule has 0 unspecified atom stereocenters. The Kier molecular flexibility index (Phi) is 6.56. The standard InChI is InChI=1S/C9H9N.C5H10O2/c1-3-8-6-5-7-10-9(8)4-2;1-5(2,3)7-4-6/h3-7H,1-2H2;4H,1-3H3. The van der Waals surface area contributed by atoms with E-state index in [2.05, 4.69) is 22.9 Å². The molecule has 0 atom stereocenters. The molecule has 0 bridgehead atoms. The molecule has 0 aliphatic rings. The van der Waals surface area contributed by atoms with E-state index in [9.17, 15) is 4.79 Å². The van der Waals surface area contributed by atoms with Crippen LogP contribution in [0, 0.1) is 0 Å². The lowest BCUT2D eigenvalue weighted by molar-refractivity contribution is -0.138. The number of carbonyl (C=O) groups is 1. The fraction of sp³-hybridized carbons (Fsp3) is 0.286. The van der Waals surface area contributed by atoms with Crippen LogP contribution >= 0.6 is 0 Å². The molecule has 1 aromatic rings. The van der Waals surface area contributed by atoms with E-state index in [0.29, 0.717) is 6.47 Å². The van der Waals surface area contributed by atoms with Crippen LogP contribution in [-0.4, -0.2) is 17.1 Å². The number of hydrogen-bond acceptors (Lipinski definition) is 3. The number of pyridine rings is 1. The lowest BCUT2D eigenvalue weighted by atomic mass is 10.2. The number of carbonyl (C=O) groups excluding carboxylic acids is 1. The van der Waals surface area contributed by atoms with Crippen molar-refractivity contribution in [1.82, 2.24) is 4.98 Å². The van der Waals surface area contributed by atoms with Gasteiger partial charge < -0.3 is 4.74 Å². The highest BCUT2D eigenvalue weighted by molar-refractivity contribution is 5.59. The SMILES string of the molecule is C=Cc1cccnc1C=C.CC(C)(C)OC=O. The number of ether oxygens (including phenoxy) is 1. The van der Waals surface area contributed by atoms with Crippen molar-refractivity contribution in [3.05, 3.63) is 42.7 Å². The first-order valence-corrected chi connectivity index (χ1v) is 5.26. The molecule has 0 aliphatic heterocycles. The summed E-state index contributed by atoms with van der Waals surface area (Å²) in [5.74, 6) is 0. The first-order valence-electron chi connectivity index (χ1n) is 5.26. The predicted octanol–water partition coefficient (Wildman–Crippen LogP) is 3.33. The zero-order chi connectivity index (χ0) is 13.3. The third-order valence-electron chi connectivity index (χ3n) is 1.69. The van der Waals surface area contributed by atoms with Gasteiger partial charge in [-0.2, -0.15) is 0 Å². The Morgan fingerprint density at radius 2 is 1.94 bits per heavy atom. The minimum atomic E-state index is -0.318. The summed E-state index contributed by atoms with van der Waals surface area (Å²) in [4.78, 5) is 13.7. The summed E-state index contributed by atoms with van der Waals surface area (Å²) < 4.78 is 4.55. The first-order chi connectivity index (χ1) is 7.94. The predicted molar refractivity (Wildman–Crippen MR) is 71.3 cm³/mol. The third-order valence-corrected chi connectivity index (χ3v) is 1.69. The van der Waals surface area contributed by atoms with Crippen LogP contribution in [0.3, 0.4) is 0 Å². The van der Waals surface area contributed by atoms with Crippen LogP contribution < -0.4 is 0 Å². The van der Waals surface area contributed by atoms with E-state index in [1.165, 1.54) is 0 Å². The summed E-state index contributed by atoms with van der Waals surface area (Å²) >= 11 is 0. The maximum absolute atomic E-state index is 9.60. The van der Waals surface area contributed by atoms with Crippen molar-refractivity contribution in [2.45, 2.75) is 26.4 Å². The Bertz CT molecular complexity index is 351. The summed E-state index contributed by atoms with van der Waals surface area (Å²) in [6, 6.07) is 3.83. The van der Waals surface area contributed by atoms with Crippen molar-refractivity contribution >= 4 is 18.6 Å². The van der Waals surface area contributed by atoms with E-state index < -0.39 is 0 Å². The molecule has 3 nitrogen and oxygen atoms in total. The van der Waals surface area contributed by atoms with E-state index in [-0.39, 0.29) is 5.60 Å². The van der Waals surface area contributed by atoms with Gasteiger partial charge in [0.2, 0.25) is 0 Å². The normalized spacial score (nSPS) is 9.59. The van der Waals surface area contributed by atoms with Crippen molar-refractivity contribution in [2.75, 3.05) is 0 Å².